The SMILES string of the molecule is CCCNc1ncc(Cc2nccn2C)cn1. The normalized spacial score (nSPS) is 10.5. The van der Waals surface area contributed by atoms with Gasteiger partial charge >= 0.3 is 0 Å². The van der Waals surface area contributed by atoms with E-state index in [9.17, 15) is 0 Å². The standard InChI is InChI=1S/C12H17N5/c1-3-4-14-12-15-8-10(9-16-12)7-11-13-5-6-17(11)2/h5-6,8-9H,3-4,7H2,1-2H3,(H,14,15,16). The fourth-order valence-electron chi connectivity index (χ4n) is 1.52. The van der Waals surface area contributed by atoms with Crippen LogP contribution in [0.15, 0.2) is 24.8 Å². The van der Waals surface area contributed by atoms with E-state index in [2.05, 4.69) is 27.2 Å². The summed E-state index contributed by atoms with van der Waals surface area (Å²) in [6.07, 6.45) is 9.26. The summed E-state index contributed by atoms with van der Waals surface area (Å²) in [5.41, 5.74) is 1.07. The molecule has 2 rings (SSSR count). The van der Waals surface area contributed by atoms with Crippen molar-refractivity contribution in [3.63, 3.8) is 0 Å². The Morgan fingerprint density at radius 1 is 1.24 bits per heavy atom. The molecule has 0 aliphatic carbocycles. The first-order valence-corrected chi connectivity index (χ1v) is 5.80. The Morgan fingerprint density at radius 3 is 2.59 bits per heavy atom. The minimum absolute atomic E-state index is 0.690. The molecule has 17 heavy (non-hydrogen) atoms. The van der Waals surface area contributed by atoms with Crippen LogP contribution in [0.3, 0.4) is 0 Å². The highest BCUT2D eigenvalue weighted by Crippen LogP contribution is 2.06. The second-order valence-electron chi connectivity index (χ2n) is 3.97. The van der Waals surface area contributed by atoms with E-state index in [0.717, 1.165) is 30.8 Å². The Morgan fingerprint density at radius 2 is 2.00 bits per heavy atom. The topological polar surface area (TPSA) is 55.6 Å². The van der Waals surface area contributed by atoms with Crippen molar-refractivity contribution in [1.29, 1.82) is 0 Å². The number of aryl methyl sites for hydroxylation is 1. The number of rotatable bonds is 5. The molecule has 2 aromatic rings. The summed E-state index contributed by atoms with van der Waals surface area (Å²) in [5, 5.41) is 3.15. The molecule has 1 N–H and O–H groups in total. The predicted molar refractivity (Wildman–Crippen MR) is 66.8 cm³/mol. The maximum atomic E-state index is 4.27. The summed E-state index contributed by atoms with van der Waals surface area (Å²) in [6.45, 7) is 3.02. The average molecular weight is 231 g/mol. The molecular weight excluding hydrogens is 214 g/mol. The first kappa shape index (κ1) is 11.6. The molecule has 0 aliphatic heterocycles. The zero-order valence-electron chi connectivity index (χ0n) is 10.2. The Labute approximate surface area is 101 Å². The number of nitrogens with one attached hydrogen (secondary N) is 1. The Balaban J connectivity index is 2.01. The number of hydrogen-bond donors (Lipinski definition) is 1. The number of anilines is 1. The summed E-state index contributed by atoms with van der Waals surface area (Å²) in [7, 11) is 1.99. The van der Waals surface area contributed by atoms with Crippen molar-refractivity contribution in [2.75, 3.05) is 11.9 Å². The van der Waals surface area contributed by atoms with E-state index in [1.807, 2.05) is 30.2 Å². The zero-order valence-corrected chi connectivity index (χ0v) is 10.2. The molecule has 0 saturated heterocycles. The zero-order chi connectivity index (χ0) is 12.1. The van der Waals surface area contributed by atoms with E-state index in [1.165, 1.54) is 0 Å². The lowest BCUT2D eigenvalue weighted by molar-refractivity contribution is 0.817. The van der Waals surface area contributed by atoms with Gasteiger partial charge in [-0.2, -0.15) is 0 Å². The highest BCUT2D eigenvalue weighted by atomic mass is 15.1. The van der Waals surface area contributed by atoms with Crippen molar-refractivity contribution < 1.29 is 0 Å². The predicted octanol–water partition coefficient (Wildman–Crippen LogP) is 1.62. The molecule has 2 aromatic heterocycles. The third-order valence-electron chi connectivity index (χ3n) is 2.52. The fraction of sp³-hybridized carbons (Fsp3) is 0.417. The van der Waals surface area contributed by atoms with Crippen LogP contribution in [0.4, 0.5) is 5.95 Å². The molecule has 90 valence electrons. The third kappa shape index (κ3) is 3.03. The summed E-state index contributed by atoms with van der Waals surface area (Å²) in [4.78, 5) is 12.8. The number of imidazole rings is 1. The van der Waals surface area contributed by atoms with Gasteiger partial charge in [0.1, 0.15) is 5.82 Å². The molecule has 0 amide bonds. The van der Waals surface area contributed by atoms with E-state index < -0.39 is 0 Å². The molecule has 0 unspecified atom stereocenters. The molecule has 5 heteroatoms. The van der Waals surface area contributed by atoms with Gasteiger partial charge in [0.15, 0.2) is 0 Å². The molecule has 0 radical (unpaired) electrons. The lowest BCUT2D eigenvalue weighted by Gasteiger charge is -2.04. The maximum absolute atomic E-state index is 4.27. The van der Waals surface area contributed by atoms with E-state index in [-0.39, 0.29) is 0 Å². The van der Waals surface area contributed by atoms with Crippen molar-refractivity contribution in [3.8, 4) is 0 Å². The van der Waals surface area contributed by atoms with Gasteiger partial charge in [0.25, 0.3) is 0 Å². The minimum Gasteiger partial charge on any atom is -0.354 e. The van der Waals surface area contributed by atoms with Gasteiger partial charge in [0.2, 0.25) is 5.95 Å². The molecule has 5 nitrogen and oxygen atoms in total. The van der Waals surface area contributed by atoms with Crippen LogP contribution in [0.2, 0.25) is 0 Å². The molecule has 0 atom stereocenters. The van der Waals surface area contributed by atoms with Crippen molar-refractivity contribution in [3.05, 3.63) is 36.2 Å². The van der Waals surface area contributed by atoms with E-state index >= 15 is 0 Å². The highest BCUT2D eigenvalue weighted by Gasteiger charge is 2.02. The first-order chi connectivity index (χ1) is 8.29. The minimum atomic E-state index is 0.690. The first-order valence-electron chi connectivity index (χ1n) is 5.80. The summed E-state index contributed by atoms with van der Waals surface area (Å²) in [5.74, 6) is 1.71. The molecule has 0 fully saturated rings. The maximum Gasteiger partial charge on any atom is 0.222 e. The monoisotopic (exact) mass is 231 g/mol. The summed E-state index contributed by atoms with van der Waals surface area (Å²) in [6, 6.07) is 0. The van der Waals surface area contributed by atoms with Gasteiger partial charge in [-0.05, 0) is 12.0 Å². The van der Waals surface area contributed by atoms with Crippen LogP contribution in [0.1, 0.15) is 24.7 Å². The largest absolute Gasteiger partial charge is 0.354 e. The van der Waals surface area contributed by atoms with Crippen LogP contribution in [0.25, 0.3) is 0 Å². The van der Waals surface area contributed by atoms with Gasteiger partial charge in [-0.25, -0.2) is 15.0 Å². The van der Waals surface area contributed by atoms with Gasteiger partial charge in [-0.1, -0.05) is 6.92 Å². The molecule has 0 aliphatic rings. The Kier molecular flexibility index (Phi) is 3.69. The fourth-order valence-corrected chi connectivity index (χ4v) is 1.52. The lowest BCUT2D eigenvalue weighted by Crippen LogP contribution is -2.05. The molecule has 0 bridgehead atoms. The summed E-state index contributed by atoms with van der Waals surface area (Å²) >= 11 is 0. The average Bonchev–Trinajstić information content (AvgIpc) is 2.74. The third-order valence-corrected chi connectivity index (χ3v) is 2.52. The molecule has 0 saturated carbocycles. The Bertz CT molecular complexity index is 460. The van der Waals surface area contributed by atoms with Crippen LogP contribution in [-0.4, -0.2) is 26.1 Å². The second kappa shape index (κ2) is 5.43. The number of hydrogen-bond acceptors (Lipinski definition) is 4. The molecular formula is C12H17N5. The van der Waals surface area contributed by atoms with Crippen LogP contribution < -0.4 is 5.32 Å². The highest BCUT2D eigenvalue weighted by molar-refractivity contribution is 5.25. The number of aromatic nitrogens is 4. The van der Waals surface area contributed by atoms with E-state index in [1.54, 1.807) is 6.20 Å². The van der Waals surface area contributed by atoms with Crippen molar-refractivity contribution >= 4 is 5.95 Å². The van der Waals surface area contributed by atoms with Crippen LogP contribution in [0, 0.1) is 0 Å². The van der Waals surface area contributed by atoms with Crippen LogP contribution in [-0.2, 0) is 13.5 Å². The lowest BCUT2D eigenvalue weighted by atomic mass is 10.2. The Hall–Kier alpha value is -1.91. The van der Waals surface area contributed by atoms with Gasteiger partial charge in [0, 0.05) is 44.8 Å². The summed E-state index contributed by atoms with van der Waals surface area (Å²) < 4.78 is 2.00. The van der Waals surface area contributed by atoms with Gasteiger partial charge in [0.05, 0.1) is 0 Å². The molecule has 0 aromatic carbocycles. The smallest absolute Gasteiger partial charge is 0.222 e. The van der Waals surface area contributed by atoms with Gasteiger partial charge in [-0.15, -0.1) is 0 Å². The van der Waals surface area contributed by atoms with Crippen molar-refractivity contribution in [1.82, 2.24) is 19.5 Å². The van der Waals surface area contributed by atoms with Gasteiger partial charge < -0.3 is 9.88 Å². The van der Waals surface area contributed by atoms with Crippen LogP contribution >= 0.6 is 0 Å². The van der Waals surface area contributed by atoms with Gasteiger partial charge in [-0.3, -0.25) is 0 Å². The quantitative estimate of drug-likeness (QED) is 0.849. The van der Waals surface area contributed by atoms with E-state index in [0.29, 0.717) is 5.95 Å². The van der Waals surface area contributed by atoms with E-state index in [4.69, 9.17) is 0 Å². The second-order valence-corrected chi connectivity index (χ2v) is 3.97. The van der Waals surface area contributed by atoms with Crippen molar-refractivity contribution in [2.45, 2.75) is 19.8 Å². The molecule has 2 heterocycles. The van der Waals surface area contributed by atoms with Crippen LogP contribution in [0.5, 0.6) is 0 Å². The van der Waals surface area contributed by atoms with Crippen molar-refractivity contribution in [2.24, 2.45) is 7.05 Å². The molecule has 0 spiro atoms. The number of nitrogens with zero attached hydrogens (tertiary/aromatic N) is 4.